The average Bonchev–Trinajstić information content (AvgIpc) is 3.06. The standard InChI is InChI=1S/C18H19ClN4OS/c1-18(2,3)22-13-7-5-4-6-12(13)20-15(24)9-8-14-16(19)21-17-23(14)10-11-25-17/h4-11,22H,1-3H3,(H,20,24)/b9-8+. The summed E-state index contributed by atoms with van der Waals surface area (Å²) < 4.78 is 1.85. The smallest absolute Gasteiger partial charge is 0.248 e. The van der Waals surface area contributed by atoms with Crippen molar-refractivity contribution in [3.63, 3.8) is 0 Å². The van der Waals surface area contributed by atoms with Gasteiger partial charge in [0.05, 0.1) is 17.1 Å². The van der Waals surface area contributed by atoms with Crippen molar-refractivity contribution in [2.45, 2.75) is 26.3 Å². The summed E-state index contributed by atoms with van der Waals surface area (Å²) in [6, 6.07) is 7.62. The number of nitrogens with zero attached hydrogens (tertiary/aromatic N) is 2. The molecule has 1 amide bonds. The number of imidazole rings is 1. The van der Waals surface area contributed by atoms with Crippen LogP contribution in [-0.2, 0) is 4.79 Å². The van der Waals surface area contributed by atoms with Crippen LogP contribution in [0.5, 0.6) is 0 Å². The zero-order valence-corrected chi connectivity index (χ0v) is 15.8. The van der Waals surface area contributed by atoms with Gasteiger partial charge in [0.15, 0.2) is 10.1 Å². The number of fused-ring (bicyclic) bond motifs is 1. The molecule has 2 N–H and O–H groups in total. The predicted molar refractivity (Wildman–Crippen MR) is 106 cm³/mol. The Balaban J connectivity index is 1.77. The van der Waals surface area contributed by atoms with Gasteiger partial charge in [0.1, 0.15) is 0 Å². The van der Waals surface area contributed by atoms with Crippen LogP contribution in [-0.4, -0.2) is 20.8 Å². The molecule has 130 valence electrons. The molecule has 0 aliphatic heterocycles. The maximum Gasteiger partial charge on any atom is 0.248 e. The Hall–Kier alpha value is -2.31. The fraction of sp³-hybridized carbons (Fsp3) is 0.222. The Morgan fingerprint density at radius 3 is 2.72 bits per heavy atom. The van der Waals surface area contributed by atoms with Gasteiger partial charge in [-0.2, -0.15) is 0 Å². The van der Waals surface area contributed by atoms with Gasteiger partial charge in [-0.1, -0.05) is 23.7 Å². The summed E-state index contributed by atoms with van der Waals surface area (Å²) in [5.74, 6) is -0.232. The Bertz CT molecular complexity index is 936. The number of benzene rings is 1. The lowest BCUT2D eigenvalue weighted by atomic mass is 10.1. The first kappa shape index (κ1) is 17.5. The van der Waals surface area contributed by atoms with Gasteiger partial charge in [-0.15, -0.1) is 11.3 Å². The molecule has 0 atom stereocenters. The lowest BCUT2D eigenvalue weighted by molar-refractivity contribution is -0.111. The van der Waals surface area contributed by atoms with Crippen LogP contribution in [0.15, 0.2) is 41.9 Å². The topological polar surface area (TPSA) is 58.4 Å². The summed E-state index contributed by atoms with van der Waals surface area (Å²) in [6.07, 6.45) is 5.00. The van der Waals surface area contributed by atoms with Gasteiger partial charge < -0.3 is 10.6 Å². The number of hydrogen-bond donors (Lipinski definition) is 2. The van der Waals surface area contributed by atoms with Crippen molar-refractivity contribution in [1.29, 1.82) is 0 Å². The molecule has 0 aliphatic carbocycles. The Morgan fingerprint density at radius 1 is 1.28 bits per heavy atom. The molecular weight excluding hydrogens is 356 g/mol. The highest BCUT2D eigenvalue weighted by Crippen LogP contribution is 2.25. The zero-order valence-electron chi connectivity index (χ0n) is 14.2. The van der Waals surface area contributed by atoms with Crippen LogP contribution in [0.25, 0.3) is 11.0 Å². The van der Waals surface area contributed by atoms with Crippen molar-refractivity contribution >= 4 is 51.3 Å². The van der Waals surface area contributed by atoms with Crippen LogP contribution < -0.4 is 10.6 Å². The number of carbonyl (C=O) groups excluding carboxylic acids is 1. The van der Waals surface area contributed by atoms with Gasteiger partial charge in [-0.25, -0.2) is 4.98 Å². The molecule has 25 heavy (non-hydrogen) atoms. The molecule has 0 fully saturated rings. The van der Waals surface area contributed by atoms with Crippen molar-refractivity contribution in [3.05, 3.63) is 52.8 Å². The second-order valence-electron chi connectivity index (χ2n) is 6.59. The molecule has 0 radical (unpaired) electrons. The van der Waals surface area contributed by atoms with E-state index in [4.69, 9.17) is 11.6 Å². The van der Waals surface area contributed by atoms with Gasteiger partial charge in [-0.05, 0) is 39.0 Å². The van der Waals surface area contributed by atoms with Crippen molar-refractivity contribution in [2.75, 3.05) is 10.6 Å². The SMILES string of the molecule is CC(C)(C)Nc1ccccc1NC(=O)/C=C/c1c(Cl)nc2sccn12. The summed E-state index contributed by atoms with van der Waals surface area (Å²) in [6.45, 7) is 6.21. The Morgan fingerprint density at radius 2 is 2.00 bits per heavy atom. The van der Waals surface area contributed by atoms with Gasteiger partial charge in [0.25, 0.3) is 0 Å². The van der Waals surface area contributed by atoms with E-state index in [1.165, 1.54) is 17.4 Å². The van der Waals surface area contributed by atoms with E-state index in [2.05, 4.69) is 36.4 Å². The van der Waals surface area contributed by atoms with Crippen LogP contribution in [0.1, 0.15) is 26.5 Å². The fourth-order valence-corrected chi connectivity index (χ4v) is 3.37. The highest BCUT2D eigenvalue weighted by Gasteiger charge is 2.13. The molecule has 3 aromatic rings. The van der Waals surface area contributed by atoms with Crippen LogP contribution >= 0.6 is 22.9 Å². The second-order valence-corrected chi connectivity index (χ2v) is 7.82. The predicted octanol–water partition coefficient (Wildman–Crippen LogP) is 4.91. The minimum absolute atomic E-state index is 0.105. The lowest BCUT2D eigenvalue weighted by Crippen LogP contribution is -2.27. The van der Waals surface area contributed by atoms with Crippen molar-refractivity contribution in [3.8, 4) is 0 Å². The maximum absolute atomic E-state index is 12.3. The van der Waals surface area contributed by atoms with Gasteiger partial charge in [0, 0.05) is 23.2 Å². The van der Waals surface area contributed by atoms with E-state index in [0.717, 1.165) is 16.3 Å². The second kappa shape index (κ2) is 6.90. The number of nitrogens with one attached hydrogen (secondary N) is 2. The molecule has 2 aromatic heterocycles. The average molecular weight is 375 g/mol. The summed E-state index contributed by atoms with van der Waals surface area (Å²) in [4.78, 5) is 17.4. The monoisotopic (exact) mass is 374 g/mol. The highest BCUT2D eigenvalue weighted by molar-refractivity contribution is 7.15. The van der Waals surface area contributed by atoms with E-state index in [1.807, 2.05) is 40.2 Å². The fourth-order valence-electron chi connectivity index (χ4n) is 2.36. The van der Waals surface area contributed by atoms with Crippen LogP contribution in [0, 0.1) is 0 Å². The minimum atomic E-state index is -0.232. The quantitative estimate of drug-likeness (QED) is 0.638. The minimum Gasteiger partial charge on any atom is -0.379 e. The molecular formula is C18H19ClN4OS. The van der Waals surface area contributed by atoms with E-state index in [9.17, 15) is 4.79 Å². The Labute approximate surface area is 155 Å². The van der Waals surface area contributed by atoms with Crippen LogP contribution in [0.2, 0.25) is 5.15 Å². The van der Waals surface area contributed by atoms with Crippen molar-refractivity contribution in [1.82, 2.24) is 9.38 Å². The number of para-hydroxylation sites is 2. The number of thiazole rings is 1. The number of carbonyl (C=O) groups is 1. The molecule has 3 rings (SSSR count). The molecule has 0 aliphatic rings. The zero-order chi connectivity index (χ0) is 18.0. The molecule has 0 bridgehead atoms. The number of hydrogen-bond acceptors (Lipinski definition) is 4. The van der Waals surface area contributed by atoms with Gasteiger partial charge in [-0.3, -0.25) is 9.20 Å². The number of amides is 1. The molecule has 5 nitrogen and oxygen atoms in total. The maximum atomic E-state index is 12.3. The van der Waals surface area contributed by atoms with E-state index in [1.54, 1.807) is 6.08 Å². The van der Waals surface area contributed by atoms with E-state index < -0.39 is 0 Å². The summed E-state index contributed by atoms with van der Waals surface area (Å²) >= 11 is 7.62. The number of halogens is 1. The van der Waals surface area contributed by atoms with E-state index >= 15 is 0 Å². The number of aromatic nitrogens is 2. The molecule has 0 saturated carbocycles. The molecule has 1 aromatic carbocycles. The van der Waals surface area contributed by atoms with Crippen molar-refractivity contribution in [2.24, 2.45) is 0 Å². The van der Waals surface area contributed by atoms with Crippen molar-refractivity contribution < 1.29 is 4.79 Å². The van der Waals surface area contributed by atoms with Gasteiger partial charge in [0.2, 0.25) is 5.91 Å². The molecule has 0 unspecified atom stereocenters. The lowest BCUT2D eigenvalue weighted by Gasteiger charge is -2.24. The third-order valence-corrected chi connectivity index (χ3v) is 4.38. The molecule has 0 saturated heterocycles. The van der Waals surface area contributed by atoms with Crippen LogP contribution in [0.4, 0.5) is 11.4 Å². The first-order valence-electron chi connectivity index (χ1n) is 7.81. The Kier molecular flexibility index (Phi) is 4.83. The summed E-state index contributed by atoms with van der Waals surface area (Å²) in [7, 11) is 0. The first-order valence-corrected chi connectivity index (χ1v) is 9.06. The van der Waals surface area contributed by atoms with E-state index in [-0.39, 0.29) is 11.4 Å². The largest absolute Gasteiger partial charge is 0.379 e. The third kappa shape index (κ3) is 4.21. The van der Waals surface area contributed by atoms with Crippen LogP contribution in [0.3, 0.4) is 0 Å². The summed E-state index contributed by atoms with van der Waals surface area (Å²) in [5.41, 5.74) is 2.19. The first-order chi connectivity index (χ1) is 11.8. The third-order valence-electron chi connectivity index (χ3n) is 3.34. The number of anilines is 2. The van der Waals surface area contributed by atoms with Gasteiger partial charge >= 0.3 is 0 Å². The summed E-state index contributed by atoms with van der Waals surface area (Å²) in [5, 5.41) is 8.58. The molecule has 7 heteroatoms. The normalized spacial score (nSPS) is 12.0. The number of rotatable bonds is 4. The highest BCUT2D eigenvalue weighted by atomic mass is 35.5. The molecule has 2 heterocycles. The van der Waals surface area contributed by atoms with E-state index in [0.29, 0.717) is 10.8 Å². The molecule has 0 spiro atoms.